The van der Waals surface area contributed by atoms with E-state index in [1.54, 1.807) is 25.0 Å². The summed E-state index contributed by atoms with van der Waals surface area (Å²) < 4.78 is 12.7. The predicted octanol–water partition coefficient (Wildman–Crippen LogP) is 1.78. The van der Waals surface area contributed by atoms with Crippen LogP contribution in [0.5, 0.6) is 5.75 Å². The van der Waals surface area contributed by atoms with Crippen molar-refractivity contribution in [2.45, 2.75) is 18.6 Å². The van der Waals surface area contributed by atoms with E-state index in [4.69, 9.17) is 9.47 Å². The minimum atomic E-state index is -0.807. The standard InChI is InChI=1S/C15H18N2O3/c1-17-13(12(19-2)9-16-17)14(18)15-11-6-4-3-5-10(11)7-8-20-15/h3-6,9,14-15,18H,7-8H2,1-2H3. The summed E-state index contributed by atoms with van der Waals surface area (Å²) in [5.41, 5.74) is 2.90. The lowest BCUT2D eigenvalue weighted by Gasteiger charge is -2.30. The van der Waals surface area contributed by atoms with Gasteiger partial charge in [-0.15, -0.1) is 0 Å². The molecule has 0 fully saturated rings. The van der Waals surface area contributed by atoms with E-state index >= 15 is 0 Å². The first kappa shape index (κ1) is 13.1. The van der Waals surface area contributed by atoms with Crippen LogP contribution < -0.4 is 4.74 Å². The van der Waals surface area contributed by atoms with Crippen LogP contribution in [0.3, 0.4) is 0 Å². The molecule has 1 aliphatic heterocycles. The molecule has 0 saturated heterocycles. The zero-order chi connectivity index (χ0) is 14.1. The molecule has 0 amide bonds. The Morgan fingerprint density at radius 3 is 3.05 bits per heavy atom. The lowest BCUT2D eigenvalue weighted by molar-refractivity contribution is -0.0520. The van der Waals surface area contributed by atoms with Gasteiger partial charge in [0.05, 0.1) is 19.9 Å². The highest BCUT2D eigenvalue weighted by Gasteiger charge is 2.32. The highest BCUT2D eigenvalue weighted by atomic mass is 16.5. The maximum atomic E-state index is 10.7. The van der Waals surface area contributed by atoms with E-state index < -0.39 is 6.10 Å². The van der Waals surface area contributed by atoms with Gasteiger partial charge in [0.15, 0.2) is 5.75 Å². The smallest absolute Gasteiger partial charge is 0.162 e. The van der Waals surface area contributed by atoms with Gasteiger partial charge in [-0.05, 0) is 17.5 Å². The number of nitrogens with zero attached hydrogens (tertiary/aromatic N) is 2. The summed E-state index contributed by atoms with van der Waals surface area (Å²) in [7, 11) is 3.36. The van der Waals surface area contributed by atoms with E-state index in [1.807, 2.05) is 18.2 Å². The fourth-order valence-electron chi connectivity index (χ4n) is 2.75. The molecule has 0 aliphatic carbocycles. The van der Waals surface area contributed by atoms with Crippen molar-refractivity contribution in [3.05, 3.63) is 47.3 Å². The first-order valence-electron chi connectivity index (χ1n) is 6.65. The molecule has 20 heavy (non-hydrogen) atoms. The molecule has 3 rings (SSSR count). The summed E-state index contributed by atoms with van der Waals surface area (Å²) in [5.74, 6) is 0.576. The van der Waals surface area contributed by atoms with Crippen LogP contribution in [0, 0.1) is 0 Å². The fraction of sp³-hybridized carbons (Fsp3) is 0.400. The summed E-state index contributed by atoms with van der Waals surface area (Å²) in [6.07, 6.45) is 1.29. The van der Waals surface area contributed by atoms with E-state index in [-0.39, 0.29) is 6.10 Å². The molecule has 5 heteroatoms. The van der Waals surface area contributed by atoms with Crippen LogP contribution in [0.25, 0.3) is 0 Å². The lowest BCUT2D eigenvalue weighted by Crippen LogP contribution is -2.23. The second-order valence-electron chi connectivity index (χ2n) is 4.91. The van der Waals surface area contributed by atoms with E-state index in [2.05, 4.69) is 11.2 Å². The van der Waals surface area contributed by atoms with Crippen molar-refractivity contribution in [2.24, 2.45) is 7.05 Å². The van der Waals surface area contributed by atoms with E-state index in [0.717, 1.165) is 12.0 Å². The highest BCUT2D eigenvalue weighted by molar-refractivity contribution is 5.35. The Labute approximate surface area is 117 Å². The Morgan fingerprint density at radius 2 is 2.25 bits per heavy atom. The highest BCUT2D eigenvalue weighted by Crippen LogP contribution is 2.39. The van der Waals surface area contributed by atoms with Crippen molar-refractivity contribution in [1.29, 1.82) is 0 Å². The molecular weight excluding hydrogens is 256 g/mol. The Hall–Kier alpha value is -1.85. The molecule has 2 atom stereocenters. The third kappa shape index (κ3) is 2.09. The SMILES string of the molecule is COc1cnn(C)c1C(O)C1OCCc2ccccc21. The number of benzene rings is 1. The summed E-state index contributed by atoms with van der Waals surface area (Å²) in [6, 6.07) is 8.06. The van der Waals surface area contributed by atoms with Crippen LogP contribution in [-0.4, -0.2) is 28.6 Å². The monoisotopic (exact) mass is 274 g/mol. The van der Waals surface area contributed by atoms with Gasteiger partial charge in [-0.2, -0.15) is 5.10 Å². The van der Waals surface area contributed by atoms with Crippen LogP contribution >= 0.6 is 0 Å². The molecule has 0 saturated carbocycles. The van der Waals surface area contributed by atoms with Crippen molar-refractivity contribution in [2.75, 3.05) is 13.7 Å². The number of aryl methyl sites for hydroxylation is 1. The number of rotatable bonds is 3. The Balaban J connectivity index is 1.99. The molecule has 1 aromatic carbocycles. The maximum absolute atomic E-state index is 10.7. The number of hydrogen-bond donors (Lipinski definition) is 1. The topological polar surface area (TPSA) is 56.5 Å². The summed E-state index contributed by atoms with van der Waals surface area (Å²) in [6.45, 7) is 0.610. The average molecular weight is 274 g/mol. The zero-order valence-electron chi connectivity index (χ0n) is 11.6. The minimum absolute atomic E-state index is 0.385. The van der Waals surface area contributed by atoms with Gasteiger partial charge in [-0.1, -0.05) is 24.3 Å². The summed E-state index contributed by atoms with van der Waals surface area (Å²) in [5, 5.41) is 14.8. The second-order valence-corrected chi connectivity index (χ2v) is 4.91. The number of aliphatic hydroxyl groups is 1. The van der Waals surface area contributed by atoms with Gasteiger partial charge in [0.2, 0.25) is 0 Å². The molecule has 0 bridgehead atoms. The average Bonchev–Trinajstić information content (AvgIpc) is 2.87. The van der Waals surface area contributed by atoms with Crippen LogP contribution in [0.15, 0.2) is 30.5 Å². The quantitative estimate of drug-likeness (QED) is 0.927. The Bertz CT molecular complexity index is 609. The van der Waals surface area contributed by atoms with Crippen molar-refractivity contribution in [3.8, 4) is 5.75 Å². The van der Waals surface area contributed by atoms with Crippen LogP contribution in [-0.2, 0) is 18.2 Å². The van der Waals surface area contributed by atoms with Gasteiger partial charge >= 0.3 is 0 Å². The molecule has 5 nitrogen and oxygen atoms in total. The van der Waals surface area contributed by atoms with Crippen molar-refractivity contribution in [1.82, 2.24) is 9.78 Å². The minimum Gasteiger partial charge on any atom is -0.493 e. The summed E-state index contributed by atoms with van der Waals surface area (Å²) >= 11 is 0. The molecule has 2 heterocycles. The second kappa shape index (κ2) is 5.26. The molecule has 2 unspecified atom stereocenters. The first-order valence-corrected chi connectivity index (χ1v) is 6.65. The van der Waals surface area contributed by atoms with E-state index in [0.29, 0.717) is 18.1 Å². The summed E-state index contributed by atoms with van der Waals surface area (Å²) in [4.78, 5) is 0. The Kier molecular flexibility index (Phi) is 3.46. The first-order chi connectivity index (χ1) is 9.72. The largest absolute Gasteiger partial charge is 0.493 e. The van der Waals surface area contributed by atoms with E-state index in [1.165, 1.54) is 5.56 Å². The number of ether oxygens (including phenoxy) is 2. The molecule has 106 valence electrons. The number of hydrogen-bond acceptors (Lipinski definition) is 4. The van der Waals surface area contributed by atoms with Gasteiger partial charge in [0.1, 0.15) is 17.9 Å². The van der Waals surface area contributed by atoms with Crippen molar-refractivity contribution >= 4 is 0 Å². The van der Waals surface area contributed by atoms with Gasteiger partial charge in [-0.25, -0.2) is 0 Å². The number of fused-ring (bicyclic) bond motifs is 1. The maximum Gasteiger partial charge on any atom is 0.162 e. The molecule has 0 spiro atoms. The molecular formula is C15H18N2O3. The third-order valence-corrected chi connectivity index (χ3v) is 3.77. The van der Waals surface area contributed by atoms with Crippen LogP contribution in [0.4, 0.5) is 0 Å². The third-order valence-electron chi connectivity index (χ3n) is 3.77. The normalized spacial score (nSPS) is 19.4. The number of aromatic nitrogens is 2. The molecule has 2 aromatic rings. The van der Waals surface area contributed by atoms with Gasteiger partial charge in [-0.3, -0.25) is 4.68 Å². The van der Waals surface area contributed by atoms with Crippen LogP contribution in [0.1, 0.15) is 29.0 Å². The van der Waals surface area contributed by atoms with Crippen molar-refractivity contribution < 1.29 is 14.6 Å². The molecule has 0 radical (unpaired) electrons. The fourth-order valence-corrected chi connectivity index (χ4v) is 2.75. The van der Waals surface area contributed by atoms with Gasteiger partial charge < -0.3 is 14.6 Å². The van der Waals surface area contributed by atoms with Crippen LogP contribution in [0.2, 0.25) is 0 Å². The van der Waals surface area contributed by atoms with Crippen molar-refractivity contribution in [3.63, 3.8) is 0 Å². The Morgan fingerprint density at radius 1 is 1.45 bits per heavy atom. The zero-order valence-corrected chi connectivity index (χ0v) is 11.6. The number of methoxy groups -OCH3 is 1. The molecule has 1 aromatic heterocycles. The number of aliphatic hydroxyl groups excluding tert-OH is 1. The van der Waals surface area contributed by atoms with E-state index in [9.17, 15) is 5.11 Å². The predicted molar refractivity (Wildman–Crippen MR) is 73.6 cm³/mol. The molecule has 1 aliphatic rings. The molecule has 1 N–H and O–H groups in total. The van der Waals surface area contributed by atoms with Gasteiger partial charge in [0.25, 0.3) is 0 Å². The van der Waals surface area contributed by atoms with Gasteiger partial charge in [0, 0.05) is 7.05 Å². The lowest BCUT2D eigenvalue weighted by atomic mass is 9.93.